The topological polar surface area (TPSA) is 57.2 Å². The maximum Gasteiger partial charge on any atom is 0.500 e. The summed E-state index contributed by atoms with van der Waals surface area (Å²) in [6, 6.07) is 0.763. The molecule has 0 rings (SSSR count). The predicted molar refractivity (Wildman–Crippen MR) is 70.3 cm³/mol. The quantitative estimate of drug-likeness (QED) is 0.434. The number of methoxy groups -OCH3 is 1. The molecule has 0 heterocycles. The van der Waals surface area contributed by atoms with Crippen molar-refractivity contribution >= 4 is 14.8 Å². The Bertz CT molecular complexity index is 227. The molecule has 0 fully saturated rings. The van der Waals surface area contributed by atoms with E-state index >= 15 is 0 Å². The zero-order chi connectivity index (χ0) is 14.0. The minimum Gasteiger partial charge on any atom is -0.469 e. The fourth-order valence-corrected chi connectivity index (χ4v) is 3.32. The van der Waals surface area contributed by atoms with Crippen molar-refractivity contribution in [3.05, 3.63) is 0 Å². The van der Waals surface area contributed by atoms with Crippen molar-refractivity contribution < 1.29 is 22.8 Å². The third kappa shape index (κ3) is 6.46. The smallest absolute Gasteiger partial charge is 0.469 e. The van der Waals surface area contributed by atoms with E-state index < -0.39 is 8.80 Å². The largest absolute Gasteiger partial charge is 0.500 e. The lowest BCUT2D eigenvalue weighted by atomic mass is 10.3. The van der Waals surface area contributed by atoms with E-state index in [1.807, 2.05) is 7.05 Å². The van der Waals surface area contributed by atoms with Gasteiger partial charge in [0.05, 0.1) is 13.5 Å². The Kier molecular flexibility index (Phi) is 9.21. The van der Waals surface area contributed by atoms with Crippen LogP contribution >= 0.6 is 0 Å². The summed E-state index contributed by atoms with van der Waals surface area (Å²) >= 11 is 0. The van der Waals surface area contributed by atoms with Gasteiger partial charge in [-0.2, -0.15) is 0 Å². The Hall–Kier alpha value is -0.473. The van der Waals surface area contributed by atoms with Crippen molar-refractivity contribution in [3.63, 3.8) is 0 Å². The number of carbonyl (C=O) groups excluding carboxylic acids is 1. The molecule has 0 aliphatic heterocycles. The molecular formula is C11H25NO5Si. The Morgan fingerprint density at radius 2 is 1.61 bits per heavy atom. The van der Waals surface area contributed by atoms with Crippen LogP contribution in [-0.4, -0.2) is 68.3 Å². The number of nitrogens with zero attached hydrogens (tertiary/aromatic N) is 1. The predicted octanol–water partition coefficient (Wildman–Crippen LogP) is 0.749. The van der Waals surface area contributed by atoms with E-state index in [-0.39, 0.29) is 5.97 Å². The number of hydrogen-bond acceptors (Lipinski definition) is 6. The zero-order valence-electron chi connectivity index (χ0n) is 12.0. The highest BCUT2D eigenvalue weighted by Gasteiger charge is 2.36. The summed E-state index contributed by atoms with van der Waals surface area (Å²) in [5.41, 5.74) is 0. The standard InChI is InChI=1S/C11H25NO5Si/c1-12(9-7-11(13)14-2)8-6-10-18(15-3,16-4)17-5/h6-10H2,1-5H3. The van der Waals surface area contributed by atoms with Gasteiger partial charge in [0, 0.05) is 33.9 Å². The molecule has 0 saturated carbocycles. The second-order valence-corrected chi connectivity index (χ2v) is 7.12. The first-order valence-corrected chi connectivity index (χ1v) is 7.87. The molecule has 0 unspecified atom stereocenters. The van der Waals surface area contributed by atoms with Crippen LogP contribution in [0.5, 0.6) is 0 Å². The van der Waals surface area contributed by atoms with Crippen molar-refractivity contribution in [2.24, 2.45) is 0 Å². The first-order valence-electron chi connectivity index (χ1n) is 5.94. The van der Waals surface area contributed by atoms with Gasteiger partial charge in [0.15, 0.2) is 0 Å². The molecule has 0 atom stereocenters. The molecule has 7 heteroatoms. The van der Waals surface area contributed by atoms with Gasteiger partial charge in [-0.25, -0.2) is 0 Å². The molecule has 18 heavy (non-hydrogen) atoms. The zero-order valence-corrected chi connectivity index (χ0v) is 13.0. The summed E-state index contributed by atoms with van der Waals surface area (Å²) in [7, 11) is 5.75. The molecule has 0 aromatic carbocycles. The van der Waals surface area contributed by atoms with E-state index in [2.05, 4.69) is 9.64 Å². The Labute approximate surface area is 111 Å². The Morgan fingerprint density at radius 1 is 1.06 bits per heavy atom. The van der Waals surface area contributed by atoms with Gasteiger partial charge >= 0.3 is 14.8 Å². The first-order chi connectivity index (χ1) is 8.53. The van der Waals surface area contributed by atoms with Crippen LogP contribution in [0.15, 0.2) is 0 Å². The van der Waals surface area contributed by atoms with E-state index in [9.17, 15) is 4.79 Å². The minimum absolute atomic E-state index is 0.184. The summed E-state index contributed by atoms with van der Waals surface area (Å²) in [5.74, 6) is -0.184. The fourth-order valence-electron chi connectivity index (χ4n) is 1.62. The maximum atomic E-state index is 11.0. The van der Waals surface area contributed by atoms with Gasteiger partial charge in [0.25, 0.3) is 0 Å². The Morgan fingerprint density at radius 3 is 2.06 bits per heavy atom. The van der Waals surface area contributed by atoms with E-state index in [4.69, 9.17) is 13.3 Å². The average molecular weight is 279 g/mol. The first kappa shape index (κ1) is 17.5. The number of ether oxygens (including phenoxy) is 1. The van der Waals surface area contributed by atoms with Gasteiger partial charge in [-0.1, -0.05) is 0 Å². The number of esters is 1. The average Bonchev–Trinajstić information content (AvgIpc) is 2.41. The summed E-state index contributed by atoms with van der Waals surface area (Å²) < 4.78 is 20.6. The Balaban J connectivity index is 3.85. The third-order valence-corrected chi connectivity index (χ3v) is 5.71. The molecule has 0 amide bonds. The second-order valence-electron chi connectivity index (χ2n) is 4.03. The molecule has 0 aliphatic rings. The molecule has 0 aliphatic carbocycles. The van der Waals surface area contributed by atoms with Gasteiger partial charge in [-0.05, 0) is 20.0 Å². The second kappa shape index (κ2) is 9.46. The summed E-state index contributed by atoms with van der Waals surface area (Å²) in [6.07, 6.45) is 1.31. The van der Waals surface area contributed by atoms with E-state index in [0.29, 0.717) is 13.0 Å². The van der Waals surface area contributed by atoms with Gasteiger partial charge in [0.2, 0.25) is 0 Å². The van der Waals surface area contributed by atoms with Crippen LogP contribution in [0.2, 0.25) is 6.04 Å². The SMILES string of the molecule is COC(=O)CCN(C)CCC[Si](OC)(OC)OC. The van der Waals surface area contributed by atoms with Crippen LogP contribution in [0, 0.1) is 0 Å². The molecule has 0 aromatic heterocycles. The molecule has 108 valence electrons. The number of carbonyl (C=O) groups is 1. The lowest BCUT2D eigenvalue weighted by molar-refractivity contribution is -0.140. The molecule has 0 bridgehead atoms. The van der Waals surface area contributed by atoms with Gasteiger partial charge in [-0.15, -0.1) is 0 Å². The lowest BCUT2D eigenvalue weighted by Gasteiger charge is -2.25. The molecular weight excluding hydrogens is 254 g/mol. The van der Waals surface area contributed by atoms with Crippen molar-refractivity contribution in [3.8, 4) is 0 Å². The number of hydrogen-bond donors (Lipinski definition) is 0. The van der Waals surface area contributed by atoms with Crippen molar-refractivity contribution in [2.45, 2.75) is 18.9 Å². The lowest BCUT2D eigenvalue weighted by Crippen LogP contribution is -2.43. The molecule has 0 radical (unpaired) electrons. The maximum absolute atomic E-state index is 11.0. The van der Waals surface area contributed by atoms with Gasteiger partial charge in [0.1, 0.15) is 0 Å². The fraction of sp³-hybridized carbons (Fsp3) is 0.909. The monoisotopic (exact) mass is 279 g/mol. The van der Waals surface area contributed by atoms with Crippen LogP contribution in [0.4, 0.5) is 0 Å². The highest BCUT2D eigenvalue weighted by molar-refractivity contribution is 6.60. The van der Waals surface area contributed by atoms with Crippen LogP contribution < -0.4 is 0 Å². The molecule has 0 spiro atoms. The molecule has 0 saturated heterocycles. The third-order valence-electron chi connectivity index (χ3n) is 2.88. The number of rotatable bonds is 10. The molecule has 0 aromatic rings. The highest BCUT2D eigenvalue weighted by Crippen LogP contribution is 2.15. The minimum atomic E-state index is -2.45. The van der Waals surface area contributed by atoms with Gasteiger partial charge < -0.3 is 22.9 Å². The van der Waals surface area contributed by atoms with Crippen molar-refractivity contribution in [1.82, 2.24) is 4.90 Å². The van der Waals surface area contributed by atoms with Gasteiger partial charge in [-0.3, -0.25) is 4.79 Å². The van der Waals surface area contributed by atoms with Crippen LogP contribution in [0.25, 0.3) is 0 Å². The van der Waals surface area contributed by atoms with E-state index in [1.165, 1.54) is 7.11 Å². The van der Waals surface area contributed by atoms with E-state index in [1.54, 1.807) is 21.3 Å². The molecule has 6 nitrogen and oxygen atoms in total. The van der Waals surface area contributed by atoms with Crippen LogP contribution in [-0.2, 0) is 22.8 Å². The normalized spacial score (nSPS) is 11.9. The van der Waals surface area contributed by atoms with Crippen LogP contribution in [0.3, 0.4) is 0 Å². The summed E-state index contributed by atoms with van der Waals surface area (Å²) in [6.45, 7) is 1.55. The van der Waals surface area contributed by atoms with Crippen molar-refractivity contribution in [1.29, 1.82) is 0 Å². The molecule has 0 N–H and O–H groups in total. The van der Waals surface area contributed by atoms with Crippen LogP contribution in [0.1, 0.15) is 12.8 Å². The van der Waals surface area contributed by atoms with E-state index in [0.717, 1.165) is 19.0 Å². The summed E-state index contributed by atoms with van der Waals surface area (Å²) in [5, 5.41) is 0. The van der Waals surface area contributed by atoms with Crippen molar-refractivity contribution in [2.75, 3.05) is 48.6 Å². The highest BCUT2D eigenvalue weighted by atomic mass is 28.4. The summed E-state index contributed by atoms with van der Waals surface area (Å²) in [4.78, 5) is 13.1.